The van der Waals surface area contributed by atoms with Gasteiger partial charge < -0.3 is 30.5 Å². The van der Waals surface area contributed by atoms with Crippen LogP contribution in [0.25, 0.3) is 10.9 Å². The first-order valence-electron chi connectivity index (χ1n) is 12.3. The van der Waals surface area contributed by atoms with E-state index in [0.29, 0.717) is 41.7 Å². The molecule has 1 aliphatic heterocycles. The van der Waals surface area contributed by atoms with Crippen LogP contribution < -0.4 is 10.6 Å². The second-order valence-corrected chi connectivity index (χ2v) is 9.10. The summed E-state index contributed by atoms with van der Waals surface area (Å²) in [5.41, 5.74) is 1.65. The second-order valence-electron chi connectivity index (χ2n) is 9.10. The van der Waals surface area contributed by atoms with Crippen LogP contribution in [0.3, 0.4) is 0 Å². The molecule has 1 aliphatic rings. The Bertz CT molecular complexity index is 1370. The fourth-order valence-corrected chi connectivity index (χ4v) is 4.51. The number of H-pyrrole nitrogens is 1. The zero-order chi connectivity index (χ0) is 27.2. The highest BCUT2D eigenvalue weighted by atomic mass is 16.4. The summed E-state index contributed by atoms with van der Waals surface area (Å²) in [5.74, 6) is -2.38. The third kappa shape index (κ3) is 5.83. The molecule has 2 heterocycles. The molecule has 1 fully saturated rings. The quantitative estimate of drug-likeness (QED) is 0.204. The van der Waals surface area contributed by atoms with E-state index in [2.05, 4.69) is 15.6 Å². The Hall–Kier alpha value is -4.67. The number of piperazine rings is 1. The number of urea groups is 1. The fourth-order valence-electron chi connectivity index (χ4n) is 4.51. The standard InChI is InChI=1S/C27H29N5O6/c1-17-16-31(25(36)18-7-3-2-4-8-18)13-14-32(17)26(37)24(35)20-15-29-23-19(20)9-5-10-21(23)30-27(38)28-12-6-11-22(33)34/h2-5,7-10,15,17,29H,6,11-14,16H2,1H3,(H,33,34)(H2,28,30,38)/t17-/m1/s1. The summed E-state index contributed by atoms with van der Waals surface area (Å²) in [7, 11) is 0. The number of aliphatic carboxylic acids is 1. The first kappa shape index (κ1) is 26.4. The van der Waals surface area contributed by atoms with Crippen molar-refractivity contribution in [3.8, 4) is 0 Å². The molecule has 4 rings (SSSR count). The maximum Gasteiger partial charge on any atom is 0.319 e. The molecule has 0 spiro atoms. The highest BCUT2D eigenvalue weighted by Gasteiger charge is 2.34. The molecule has 1 aromatic heterocycles. The van der Waals surface area contributed by atoms with Crippen LogP contribution in [-0.2, 0) is 9.59 Å². The predicted octanol–water partition coefficient (Wildman–Crippen LogP) is 2.71. The van der Waals surface area contributed by atoms with E-state index in [0.717, 1.165) is 0 Å². The van der Waals surface area contributed by atoms with Crippen LogP contribution in [0.1, 0.15) is 40.5 Å². The van der Waals surface area contributed by atoms with Gasteiger partial charge in [-0.15, -0.1) is 0 Å². The van der Waals surface area contributed by atoms with Gasteiger partial charge in [0.05, 0.1) is 16.8 Å². The topological polar surface area (TPSA) is 152 Å². The number of benzene rings is 2. The largest absolute Gasteiger partial charge is 0.481 e. The summed E-state index contributed by atoms with van der Waals surface area (Å²) in [6, 6.07) is 13.1. The summed E-state index contributed by atoms with van der Waals surface area (Å²) in [6.07, 6.45) is 1.69. The van der Waals surface area contributed by atoms with Crippen LogP contribution >= 0.6 is 0 Å². The van der Waals surface area contributed by atoms with Gasteiger partial charge in [-0.25, -0.2) is 4.79 Å². The second kappa shape index (κ2) is 11.6. The molecule has 1 atom stereocenters. The zero-order valence-electron chi connectivity index (χ0n) is 20.9. The number of carbonyl (C=O) groups is 5. The predicted molar refractivity (Wildman–Crippen MR) is 140 cm³/mol. The van der Waals surface area contributed by atoms with E-state index in [1.807, 2.05) is 13.0 Å². The Morgan fingerprint density at radius 2 is 1.79 bits per heavy atom. The molecule has 0 radical (unpaired) electrons. The molecular formula is C27H29N5O6. The Kier molecular flexibility index (Phi) is 8.05. The highest BCUT2D eigenvalue weighted by Crippen LogP contribution is 2.26. The molecule has 198 valence electrons. The van der Waals surface area contributed by atoms with Crippen LogP contribution in [0.4, 0.5) is 10.5 Å². The first-order chi connectivity index (χ1) is 18.3. The smallest absolute Gasteiger partial charge is 0.319 e. The molecule has 2 aromatic carbocycles. The van der Waals surface area contributed by atoms with Gasteiger partial charge >= 0.3 is 12.0 Å². The maximum atomic E-state index is 13.2. The SMILES string of the molecule is C[C@@H]1CN(C(=O)c2ccccc2)CCN1C(=O)C(=O)c1c[nH]c2c(NC(=O)NCCCC(=O)O)cccc12. The first-order valence-corrected chi connectivity index (χ1v) is 12.3. The molecule has 1 saturated heterocycles. The van der Waals surface area contributed by atoms with Crippen LogP contribution in [0, 0.1) is 0 Å². The number of amides is 4. The molecule has 4 amide bonds. The molecule has 4 N–H and O–H groups in total. The van der Waals surface area contributed by atoms with Gasteiger partial charge in [-0.2, -0.15) is 0 Å². The van der Waals surface area contributed by atoms with Crippen molar-refractivity contribution in [2.24, 2.45) is 0 Å². The van der Waals surface area contributed by atoms with Crippen molar-refractivity contribution in [2.75, 3.05) is 31.5 Å². The molecular weight excluding hydrogens is 490 g/mol. The molecule has 0 aliphatic carbocycles. The number of aromatic nitrogens is 1. The number of nitrogens with one attached hydrogen (secondary N) is 3. The van der Waals surface area contributed by atoms with Crippen molar-refractivity contribution in [3.63, 3.8) is 0 Å². The average Bonchev–Trinajstić information content (AvgIpc) is 3.35. The number of rotatable bonds is 8. The third-order valence-corrected chi connectivity index (χ3v) is 6.45. The lowest BCUT2D eigenvalue weighted by atomic mass is 10.1. The third-order valence-electron chi connectivity index (χ3n) is 6.45. The number of nitrogens with zero attached hydrogens (tertiary/aromatic N) is 2. The van der Waals surface area contributed by atoms with Crippen molar-refractivity contribution in [1.29, 1.82) is 0 Å². The van der Waals surface area contributed by atoms with Crippen LogP contribution in [0.2, 0.25) is 0 Å². The Labute approximate surface area is 218 Å². The number of aromatic amines is 1. The van der Waals surface area contributed by atoms with Gasteiger partial charge in [0.25, 0.3) is 17.6 Å². The number of Topliss-reactive ketones (excluding diaryl/α,β-unsaturated/α-hetero) is 1. The minimum Gasteiger partial charge on any atom is -0.481 e. The van der Waals surface area contributed by atoms with Crippen LogP contribution in [0.15, 0.2) is 54.7 Å². The van der Waals surface area contributed by atoms with Crippen molar-refractivity contribution in [2.45, 2.75) is 25.8 Å². The highest BCUT2D eigenvalue weighted by molar-refractivity contribution is 6.45. The number of carbonyl (C=O) groups excluding carboxylic acids is 4. The number of ketones is 1. The lowest BCUT2D eigenvalue weighted by molar-refractivity contribution is -0.137. The van der Waals surface area contributed by atoms with Gasteiger partial charge in [-0.3, -0.25) is 19.2 Å². The molecule has 38 heavy (non-hydrogen) atoms. The number of carboxylic acids is 1. The number of hydrogen-bond acceptors (Lipinski definition) is 5. The van der Waals surface area contributed by atoms with E-state index in [1.165, 1.54) is 11.1 Å². The minimum absolute atomic E-state index is 0.0526. The number of hydrogen-bond donors (Lipinski definition) is 4. The summed E-state index contributed by atoms with van der Waals surface area (Å²) in [4.78, 5) is 68.2. The lowest BCUT2D eigenvalue weighted by Crippen LogP contribution is -2.56. The van der Waals surface area contributed by atoms with E-state index in [4.69, 9.17) is 5.11 Å². The minimum atomic E-state index is -0.938. The van der Waals surface area contributed by atoms with E-state index in [9.17, 15) is 24.0 Å². The van der Waals surface area contributed by atoms with Gasteiger partial charge in [-0.1, -0.05) is 30.3 Å². The molecule has 11 heteroatoms. The van der Waals surface area contributed by atoms with E-state index in [-0.39, 0.29) is 37.0 Å². The zero-order valence-corrected chi connectivity index (χ0v) is 20.9. The number of carboxylic acid groups (broad SMARTS) is 1. The van der Waals surface area contributed by atoms with Crippen molar-refractivity contribution >= 4 is 46.2 Å². The van der Waals surface area contributed by atoms with Gasteiger partial charge in [-0.05, 0) is 31.5 Å². The summed E-state index contributed by atoms with van der Waals surface area (Å²) in [5, 5.41) is 14.4. The average molecular weight is 520 g/mol. The van der Waals surface area contributed by atoms with E-state index in [1.54, 1.807) is 47.4 Å². The Morgan fingerprint density at radius 3 is 2.50 bits per heavy atom. The van der Waals surface area contributed by atoms with Crippen molar-refractivity contribution in [1.82, 2.24) is 20.1 Å². The lowest BCUT2D eigenvalue weighted by Gasteiger charge is -2.39. The number of anilines is 1. The summed E-state index contributed by atoms with van der Waals surface area (Å²) < 4.78 is 0. The molecule has 0 unspecified atom stereocenters. The van der Waals surface area contributed by atoms with Gasteiger partial charge in [0.1, 0.15) is 0 Å². The van der Waals surface area contributed by atoms with E-state index >= 15 is 0 Å². The Balaban J connectivity index is 1.41. The molecule has 0 bridgehead atoms. The van der Waals surface area contributed by atoms with E-state index < -0.39 is 23.7 Å². The van der Waals surface area contributed by atoms with Gasteiger partial charge in [0.15, 0.2) is 0 Å². The fraction of sp³-hybridized carbons (Fsp3) is 0.296. The van der Waals surface area contributed by atoms with Crippen molar-refractivity contribution in [3.05, 3.63) is 65.9 Å². The molecule has 0 saturated carbocycles. The maximum absolute atomic E-state index is 13.2. The summed E-state index contributed by atoms with van der Waals surface area (Å²) in [6.45, 7) is 2.87. The van der Waals surface area contributed by atoms with Crippen molar-refractivity contribution < 1.29 is 29.1 Å². The number of fused-ring (bicyclic) bond motifs is 1. The van der Waals surface area contributed by atoms with Gasteiger partial charge in [0, 0.05) is 55.8 Å². The molecule has 11 nitrogen and oxygen atoms in total. The molecule has 3 aromatic rings. The number of para-hydroxylation sites is 1. The van der Waals surface area contributed by atoms with Crippen LogP contribution in [-0.4, -0.2) is 81.7 Å². The summed E-state index contributed by atoms with van der Waals surface area (Å²) >= 11 is 0. The van der Waals surface area contributed by atoms with Crippen LogP contribution in [0.5, 0.6) is 0 Å². The Morgan fingerprint density at radius 1 is 1.03 bits per heavy atom. The monoisotopic (exact) mass is 519 g/mol. The van der Waals surface area contributed by atoms with Gasteiger partial charge in [0.2, 0.25) is 0 Å². The normalized spacial score (nSPS) is 15.2.